The highest BCUT2D eigenvalue weighted by molar-refractivity contribution is 6.30. The summed E-state index contributed by atoms with van der Waals surface area (Å²) in [5.41, 5.74) is 2.37. The summed E-state index contributed by atoms with van der Waals surface area (Å²) in [6, 6.07) is 8.53. The van der Waals surface area contributed by atoms with Gasteiger partial charge in [0.25, 0.3) is 0 Å². The first kappa shape index (κ1) is 12.6. The van der Waals surface area contributed by atoms with Crippen molar-refractivity contribution in [3.05, 3.63) is 59.1 Å². The second-order valence-electron chi connectivity index (χ2n) is 4.88. The number of aromatic nitrogens is 2. The molecule has 3 rings (SSSR count). The Hall–Kier alpha value is -1.45. The highest BCUT2D eigenvalue weighted by Gasteiger charge is 2.26. The van der Waals surface area contributed by atoms with E-state index in [1.165, 1.54) is 18.4 Å². The molecule has 1 atom stereocenters. The molecule has 0 saturated carbocycles. The lowest BCUT2D eigenvalue weighted by Crippen LogP contribution is -2.23. The predicted molar refractivity (Wildman–Crippen MR) is 75.9 cm³/mol. The SMILES string of the molecule is Clc1ccc(CN2CCCC2c2cccnc2)nc1. The van der Waals surface area contributed by atoms with E-state index >= 15 is 0 Å². The standard InChI is InChI=1S/C15H16ClN3/c16-13-5-6-14(18-10-13)11-19-8-2-4-15(19)12-3-1-7-17-9-12/h1,3,5-7,9-10,15H,2,4,8,11H2. The summed E-state index contributed by atoms with van der Waals surface area (Å²) in [5.74, 6) is 0. The van der Waals surface area contributed by atoms with Gasteiger partial charge in [0.1, 0.15) is 0 Å². The van der Waals surface area contributed by atoms with Gasteiger partial charge >= 0.3 is 0 Å². The molecule has 0 N–H and O–H groups in total. The van der Waals surface area contributed by atoms with Gasteiger partial charge in [-0.1, -0.05) is 17.7 Å². The molecule has 1 aliphatic heterocycles. The largest absolute Gasteiger partial charge is 0.290 e. The molecule has 3 nitrogen and oxygen atoms in total. The van der Waals surface area contributed by atoms with Crippen LogP contribution in [0.5, 0.6) is 0 Å². The summed E-state index contributed by atoms with van der Waals surface area (Å²) < 4.78 is 0. The number of nitrogens with zero attached hydrogens (tertiary/aromatic N) is 3. The van der Waals surface area contributed by atoms with E-state index < -0.39 is 0 Å². The van der Waals surface area contributed by atoms with Crippen LogP contribution in [0.1, 0.15) is 30.1 Å². The number of hydrogen-bond acceptors (Lipinski definition) is 3. The monoisotopic (exact) mass is 273 g/mol. The Bertz CT molecular complexity index is 527. The maximum Gasteiger partial charge on any atom is 0.0589 e. The fraction of sp³-hybridized carbons (Fsp3) is 0.333. The first-order valence-corrected chi connectivity index (χ1v) is 6.95. The van der Waals surface area contributed by atoms with Crippen molar-refractivity contribution in [1.29, 1.82) is 0 Å². The van der Waals surface area contributed by atoms with Crippen LogP contribution in [0, 0.1) is 0 Å². The van der Waals surface area contributed by atoms with Crippen molar-refractivity contribution in [3.63, 3.8) is 0 Å². The summed E-state index contributed by atoms with van der Waals surface area (Å²) in [6.07, 6.45) is 7.93. The van der Waals surface area contributed by atoms with E-state index in [9.17, 15) is 0 Å². The maximum atomic E-state index is 5.87. The Labute approximate surface area is 118 Å². The zero-order valence-corrected chi connectivity index (χ0v) is 11.4. The fourth-order valence-electron chi connectivity index (χ4n) is 2.67. The fourth-order valence-corrected chi connectivity index (χ4v) is 2.79. The second kappa shape index (κ2) is 5.68. The smallest absolute Gasteiger partial charge is 0.0589 e. The number of rotatable bonds is 3. The average molecular weight is 274 g/mol. The van der Waals surface area contributed by atoms with Gasteiger partial charge in [0, 0.05) is 31.2 Å². The molecule has 2 aromatic heterocycles. The quantitative estimate of drug-likeness (QED) is 0.857. The third kappa shape index (κ3) is 2.94. The van der Waals surface area contributed by atoms with Crippen LogP contribution in [0.4, 0.5) is 0 Å². The molecular formula is C15H16ClN3. The lowest BCUT2D eigenvalue weighted by molar-refractivity contribution is 0.245. The van der Waals surface area contributed by atoms with Crippen molar-refractivity contribution in [2.45, 2.75) is 25.4 Å². The van der Waals surface area contributed by atoms with Gasteiger partial charge in [-0.2, -0.15) is 0 Å². The third-order valence-corrected chi connectivity index (χ3v) is 3.81. The minimum atomic E-state index is 0.464. The van der Waals surface area contributed by atoms with Gasteiger partial charge in [0.15, 0.2) is 0 Å². The van der Waals surface area contributed by atoms with E-state index in [1.807, 2.05) is 30.6 Å². The van der Waals surface area contributed by atoms with E-state index in [0.717, 1.165) is 18.8 Å². The summed E-state index contributed by atoms with van der Waals surface area (Å²) in [5, 5.41) is 0.689. The average Bonchev–Trinajstić information content (AvgIpc) is 2.90. The van der Waals surface area contributed by atoms with Crippen molar-refractivity contribution < 1.29 is 0 Å². The third-order valence-electron chi connectivity index (χ3n) is 3.59. The molecule has 3 heterocycles. The number of likely N-dealkylation sites (tertiary alicyclic amines) is 1. The zero-order chi connectivity index (χ0) is 13.1. The molecule has 1 saturated heterocycles. The molecular weight excluding hydrogens is 258 g/mol. The molecule has 0 spiro atoms. The van der Waals surface area contributed by atoms with Crippen molar-refractivity contribution >= 4 is 11.6 Å². The lowest BCUT2D eigenvalue weighted by Gasteiger charge is -2.24. The molecule has 4 heteroatoms. The number of pyridine rings is 2. The van der Waals surface area contributed by atoms with Crippen LogP contribution in [0.3, 0.4) is 0 Å². The molecule has 0 aromatic carbocycles. The van der Waals surface area contributed by atoms with E-state index in [4.69, 9.17) is 11.6 Å². The molecule has 1 aliphatic rings. The topological polar surface area (TPSA) is 29.0 Å². The van der Waals surface area contributed by atoms with Crippen LogP contribution < -0.4 is 0 Å². The summed E-state index contributed by atoms with van der Waals surface area (Å²) >= 11 is 5.87. The Balaban J connectivity index is 1.75. The first-order valence-electron chi connectivity index (χ1n) is 6.57. The second-order valence-corrected chi connectivity index (χ2v) is 5.32. The highest BCUT2D eigenvalue weighted by atomic mass is 35.5. The molecule has 0 amide bonds. The molecule has 19 heavy (non-hydrogen) atoms. The van der Waals surface area contributed by atoms with Crippen molar-refractivity contribution in [3.8, 4) is 0 Å². The number of halogens is 1. The van der Waals surface area contributed by atoms with Crippen LogP contribution in [0.2, 0.25) is 5.02 Å². The van der Waals surface area contributed by atoms with Crippen LogP contribution in [0.15, 0.2) is 42.9 Å². The predicted octanol–water partition coefficient (Wildman–Crippen LogP) is 3.47. The van der Waals surface area contributed by atoms with Gasteiger partial charge in [0.05, 0.1) is 10.7 Å². The molecule has 0 radical (unpaired) electrons. The zero-order valence-electron chi connectivity index (χ0n) is 10.7. The molecule has 2 aromatic rings. The minimum absolute atomic E-state index is 0.464. The van der Waals surface area contributed by atoms with Gasteiger partial charge in [0.2, 0.25) is 0 Å². The Morgan fingerprint density at radius 1 is 1.26 bits per heavy atom. The Morgan fingerprint density at radius 3 is 2.95 bits per heavy atom. The molecule has 1 fully saturated rings. The molecule has 0 aliphatic carbocycles. The van der Waals surface area contributed by atoms with Crippen LogP contribution in [-0.4, -0.2) is 21.4 Å². The first-order chi connectivity index (χ1) is 9.33. The van der Waals surface area contributed by atoms with E-state index in [2.05, 4.69) is 20.9 Å². The van der Waals surface area contributed by atoms with Crippen LogP contribution in [0.25, 0.3) is 0 Å². The van der Waals surface area contributed by atoms with E-state index in [-0.39, 0.29) is 0 Å². The maximum absolute atomic E-state index is 5.87. The number of hydrogen-bond donors (Lipinski definition) is 0. The van der Waals surface area contributed by atoms with Crippen molar-refractivity contribution in [2.24, 2.45) is 0 Å². The van der Waals surface area contributed by atoms with Gasteiger partial charge in [-0.15, -0.1) is 0 Å². The summed E-state index contributed by atoms with van der Waals surface area (Å²) in [7, 11) is 0. The van der Waals surface area contributed by atoms with E-state index in [1.54, 1.807) is 6.20 Å². The van der Waals surface area contributed by atoms with Crippen molar-refractivity contribution in [2.75, 3.05) is 6.54 Å². The highest BCUT2D eigenvalue weighted by Crippen LogP contribution is 2.32. The van der Waals surface area contributed by atoms with Gasteiger partial charge in [-0.05, 0) is 43.1 Å². The van der Waals surface area contributed by atoms with Gasteiger partial charge < -0.3 is 0 Å². The summed E-state index contributed by atoms with van der Waals surface area (Å²) in [6.45, 7) is 1.99. The Morgan fingerprint density at radius 2 is 2.21 bits per heavy atom. The van der Waals surface area contributed by atoms with Crippen molar-refractivity contribution in [1.82, 2.24) is 14.9 Å². The van der Waals surface area contributed by atoms with Crippen LogP contribution >= 0.6 is 11.6 Å². The van der Waals surface area contributed by atoms with E-state index in [0.29, 0.717) is 11.1 Å². The molecule has 1 unspecified atom stereocenters. The van der Waals surface area contributed by atoms with Gasteiger partial charge in [-0.3, -0.25) is 14.9 Å². The molecule has 98 valence electrons. The minimum Gasteiger partial charge on any atom is -0.290 e. The molecule has 0 bridgehead atoms. The lowest BCUT2D eigenvalue weighted by atomic mass is 10.1. The summed E-state index contributed by atoms with van der Waals surface area (Å²) in [4.78, 5) is 11.1. The van der Waals surface area contributed by atoms with Gasteiger partial charge in [-0.25, -0.2) is 0 Å². The van der Waals surface area contributed by atoms with Crippen LogP contribution in [-0.2, 0) is 6.54 Å². The normalized spacial score (nSPS) is 19.7. The Kier molecular flexibility index (Phi) is 3.76.